The Kier molecular flexibility index (Phi) is 13.2. The lowest BCUT2D eigenvalue weighted by molar-refractivity contribution is 0.0939. The first-order valence-corrected chi connectivity index (χ1v) is 23.1. The van der Waals surface area contributed by atoms with Crippen molar-refractivity contribution in [2.75, 3.05) is 23.7 Å². The van der Waals surface area contributed by atoms with Crippen LogP contribution in [0.25, 0.3) is 33.8 Å². The van der Waals surface area contributed by atoms with E-state index in [2.05, 4.69) is 25.7 Å². The lowest BCUT2D eigenvalue weighted by Crippen LogP contribution is -2.29. The first-order valence-electron chi connectivity index (χ1n) is 21.9. The Labute approximate surface area is 387 Å². The molecule has 0 bridgehead atoms. The zero-order valence-corrected chi connectivity index (χ0v) is 39.0. The number of aryl methyl sites for hydroxylation is 2. The van der Waals surface area contributed by atoms with Crippen LogP contribution in [0.1, 0.15) is 98.1 Å². The average molecular weight is 918 g/mol. The van der Waals surface area contributed by atoms with E-state index in [0.717, 1.165) is 62.5 Å². The van der Waals surface area contributed by atoms with Crippen molar-refractivity contribution in [2.24, 2.45) is 11.8 Å². The zero-order chi connectivity index (χ0) is 46.2. The highest BCUT2D eigenvalue weighted by atomic mass is 35.5. The minimum atomic E-state index is -0.925. The van der Waals surface area contributed by atoms with Crippen molar-refractivity contribution in [3.8, 4) is 22.5 Å². The van der Waals surface area contributed by atoms with E-state index in [1.807, 2.05) is 62.4 Å². The molecule has 2 aliphatic rings. The molecule has 15 heteroatoms. The monoisotopic (exact) mass is 916 g/mol. The number of aromatic nitrogens is 6. The topological polar surface area (TPSA) is 159 Å². The molecule has 338 valence electrons. The molecule has 2 fully saturated rings. The molecule has 7 aromatic rings. The van der Waals surface area contributed by atoms with Gasteiger partial charge >= 0.3 is 0 Å². The van der Waals surface area contributed by atoms with Gasteiger partial charge in [-0.25, -0.2) is 23.4 Å². The van der Waals surface area contributed by atoms with Gasteiger partial charge in [0, 0.05) is 59.1 Å². The summed E-state index contributed by atoms with van der Waals surface area (Å²) in [4.78, 5) is 35.0. The fourth-order valence-corrected chi connectivity index (χ4v) is 8.57. The zero-order valence-electron chi connectivity index (χ0n) is 37.5. The minimum absolute atomic E-state index is 0.199. The summed E-state index contributed by atoms with van der Waals surface area (Å²) in [5.41, 5.74) is 7.67. The van der Waals surface area contributed by atoms with E-state index in [0.29, 0.717) is 70.6 Å². The van der Waals surface area contributed by atoms with Crippen LogP contribution in [0.5, 0.6) is 0 Å². The molecule has 4 heterocycles. The summed E-state index contributed by atoms with van der Waals surface area (Å²) in [6, 6.07) is 21.6. The van der Waals surface area contributed by atoms with Crippen LogP contribution in [-0.2, 0) is 0 Å². The summed E-state index contributed by atoms with van der Waals surface area (Å²) >= 11 is 7.58. The molecule has 0 atom stereocenters. The van der Waals surface area contributed by atoms with E-state index in [9.17, 15) is 24.2 Å². The largest absolute Gasteiger partial charge is 0.389 e. The Balaban J connectivity index is 0.000000181. The smallest absolute Gasteiger partial charge is 0.177 e. The normalized spacial score (nSPS) is 14.1. The highest BCUT2D eigenvalue weighted by molar-refractivity contribution is 7.99. The van der Waals surface area contributed by atoms with Crippen molar-refractivity contribution in [2.45, 2.75) is 101 Å². The van der Waals surface area contributed by atoms with Crippen molar-refractivity contribution in [1.29, 1.82) is 0 Å². The summed E-state index contributed by atoms with van der Waals surface area (Å²) in [6.07, 6.45) is 9.40. The molecule has 3 aromatic carbocycles. The summed E-state index contributed by atoms with van der Waals surface area (Å²) in [5, 5.41) is 36.9. The molecule has 0 saturated heterocycles. The molecule has 0 aliphatic heterocycles. The van der Waals surface area contributed by atoms with Crippen LogP contribution in [0.2, 0.25) is 5.15 Å². The summed E-state index contributed by atoms with van der Waals surface area (Å²) in [7, 11) is 0. The molecule has 4 N–H and O–H groups in total. The average Bonchev–Trinajstić information content (AvgIpc) is 4.15. The van der Waals surface area contributed by atoms with E-state index < -0.39 is 11.2 Å². The Morgan fingerprint density at radius 1 is 0.723 bits per heavy atom. The quantitative estimate of drug-likeness (QED) is 0.0684. The molecule has 0 spiro atoms. The Morgan fingerprint density at radius 3 is 1.68 bits per heavy atom. The number of aliphatic hydroxyl groups is 2. The number of anilines is 2. The molecule has 2 saturated carbocycles. The Hall–Kier alpha value is -5.67. The van der Waals surface area contributed by atoms with E-state index >= 15 is 0 Å². The molecule has 12 nitrogen and oxygen atoms in total. The van der Waals surface area contributed by atoms with Gasteiger partial charge in [-0.15, -0.1) is 0 Å². The van der Waals surface area contributed by atoms with Gasteiger partial charge in [0.05, 0.1) is 46.4 Å². The molecule has 4 aromatic heterocycles. The molecule has 0 amide bonds. The number of imidazole rings is 2. The van der Waals surface area contributed by atoms with E-state index in [1.54, 1.807) is 61.3 Å². The number of hydrogen-bond acceptors (Lipinski definition) is 11. The van der Waals surface area contributed by atoms with Gasteiger partial charge in [0.1, 0.15) is 10.8 Å². The van der Waals surface area contributed by atoms with E-state index in [1.165, 1.54) is 36.7 Å². The summed E-state index contributed by atoms with van der Waals surface area (Å²) in [6.45, 7) is 11.5. The van der Waals surface area contributed by atoms with Gasteiger partial charge in [0.2, 0.25) is 0 Å². The van der Waals surface area contributed by atoms with Crippen molar-refractivity contribution < 1.29 is 24.2 Å². The second-order valence-corrected chi connectivity index (χ2v) is 20.1. The van der Waals surface area contributed by atoms with Gasteiger partial charge in [-0.05, 0) is 127 Å². The number of nitrogens with one attached hydrogen (secondary N) is 2. The van der Waals surface area contributed by atoms with Gasteiger partial charge in [-0.3, -0.25) is 9.59 Å². The van der Waals surface area contributed by atoms with Crippen molar-refractivity contribution in [3.63, 3.8) is 0 Å². The Bertz CT molecular complexity index is 2910. The van der Waals surface area contributed by atoms with Gasteiger partial charge in [0.15, 0.2) is 28.0 Å². The molecule has 9 rings (SSSR count). The first-order chi connectivity index (χ1) is 30.9. The predicted molar refractivity (Wildman–Crippen MR) is 255 cm³/mol. The van der Waals surface area contributed by atoms with Crippen LogP contribution in [0.4, 0.5) is 15.8 Å². The number of Topliss-reactive ketones (excluding diaryl/α,β-unsaturated/α-hetero) is 2. The van der Waals surface area contributed by atoms with Crippen LogP contribution >= 0.6 is 23.4 Å². The number of benzene rings is 3. The van der Waals surface area contributed by atoms with Crippen LogP contribution in [-0.4, -0.2) is 75.3 Å². The second-order valence-electron chi connectivity index (χ2n) is 18.6. The number of hydrogen-bond donors (Lipinski definition) is 4. The molecule has 2 aliphatic carbocycles. The number of rotatable bonds is 16. The standard InChI is InChI=1S/C28H29FN4O2S.C22H25ClN4O2/c1-17-11-19(9-10-22(17)25(34)12-18-7-8-18)24-15-30-27-23(31-16-28(2,3)35)14-26(32-33(24)27)36-21-6-4-5-20(29)13-21;1-13-8-15(6-7-16(13)19(28)9-14-4-5-14)18-11-24-21-17(25-12-22(2,3)29)10-20(23)26-27(18)21/h4-6,9-11,13-15,18,31,35H,7-8,12,16H2,1-3H3;6-8,10-11,14,25,29H,4-5,9,12H2,1-3H3. The Morgan fingerprint density at radius 2 is 1.22 bits per heavy atom. The third-order valence-corrected chi connectivity index (χ3v) is 12.4. The maximum absolute atomic E-state index is 13.8. The predicted octanol–water partition coefficient (Wildman–Crippen LogP) is 10.7. The lowest BCUT2D eigenvalue weighted by Gasteiger charge is -2.19. The SMILES string of the molecule is Cc1cc(-c2cnc3c(NCC(C)(C)O)cc(Cl)nn23)ccc1C(=O)CC1CC1.Cc1cc(-c2cnc3c(NCC(C)(C)O)cc(Sc4cccc(F)c4)nn23)ccc1C(=O)CC1CC1. The van der Waals surface area contributed by atoms with Crippen LogP contribution in [0.15, 0.2) is 95.1 Å². The maximum Gasteiger partial charge on any atom is 0.177 e. The number of nitrogens with zero attached hydrogens (tertiary/aromatic N) is 6. The van der Waals surface area contributed by atoms with Crippen LogP contribution < -0.4 is 10.6 Å². The molecule has 0 unspecified atom stereocenters. The lowest BCUT2D eigenvalue weighted by atomic mass is 9.98. The number of carbonyl (C=O) groups is 2. The molecular weight excluding hydrogens is 863 g/mol. The van der Waals surface area contributed by atoms with E-state index in [-0.39, 0.29) is 17.4 Å². The van der Waals surface area contributed by atoms with Crippen molar-refractivity contribution >= 4 is 57.6 Å². The highest BCUT2D eigenvalue weighted by Crippen LogP contribution is 2.37. The maximum atomic E-state index is 13.8. The number of fused-ring (bicyclic) bond motifs is 2. The second kappa shape index (κ2) is 18.7. The fraction of sp³-hybridized carbons (Fsp3) is 0.360. The van der Waals surface area contributed by atoms with Gasteiger partial charge in [-0.1, -0.05) is 53.7 Å². The number of carbonyl (C=O) groups excluding carboxylic acids is 2. The first kappa shape index (κ1) is 45.9. The molecule has 65 heavy (non-hydrogen) atoms. The fourth-order valence-electron chi connectivity index (χ4n) is 7.52. The van der Waals surface area contributed by atoms with Crippen molar-refractivity contribution in [1.82, 2.24) is 29.2 Å². The highest BCUT2D eigenvalue weighted by Gasteiger charge is 2.27. The van der Waals surface area contributed by atoms with Gasteiger partial charge in [-0.2, -0.15) is 10.2 Å². The van der Waals surface area contributed by atoms with Gasteiger partial charge in [0.25, 0.3) is 0 Å². The summed E-state index contributed by atoms with van der Waals surface area (Å²) in [5.74, 6) is 1.22. The number of ketones is 2. The van der Waals surface area contributed by atoms with Gasteiger partial charge < -0.3 is 20.8 Å². The van der Waals surface area contributed by atoms with Crippen LogP contribution in [0.3, 0.4) is 0 Å². The summed E-state index contributed by atoms with van der Waals surface area (Å²) < 4.78 is 17.2. The number of halogens is 2. The van der Waals surface area contributed by atoms with E-state index in [4.69, 9.17) is 16.7 Å². The molecule has 0 radical (unpaired) electrons. The van der Waals surface area contributed by atoms with Crippen LogP contribution in [0, 0.1) is 31.5 Å². The third-order valence-electron chi connectivity index (χ3n) is 11.3. The third kappa shape index (κ3) is 11.6. The molecular formula is C50H54ClFN8O4S. The minimum Gasteiger partial charge on any atom is -0.389 e. The van der Waals surface area contributed by atoms with Crippen molar-refractivity contribution in [3.05, 3.63) is 118 Å².